The molecule has 0 heterocycles. The molecule has 1 aliphatic carbocycles. The van der Waals surface area contributed by atoms with Crippen molar-refractivity contribution in [1.29, 1.82) is 0 Å². The van der Waals surface area contributed by atoms with Crippen molar-refractivity contribution in [3.63, 3.8) is 0 Å². The molecule has 0 aromatic heterocycles. The van der Waals surface area contributed by atoms with E-state index < -0.39 is 0 Å². The average molecular weight is 219 g/mol. The Kier molecular flexibility index (Phi) is 5.37. The number of hydrogen-bond acceptors (Lipinski definition) is 1. The van der Waals surface area contributed by atoms with Crippen LogP contribution < -0.4 is 0 Å². The SMILES string of the molecule is C=CCCN(C)C(=C)C(CC=C)C1CCC1. The fourth-order valence-electron chi connectivity index (χ4n) is 2.33. The van der Waals surface area contributed by atoms with Gasteiger partial charge in [0.2, 0.25) is 0 Å². The zero-order valence-electron chi connectivity index (χ0n) is 10.6. The van der Waals surface area contributed by atoms with Crippen molar-refractivity contribution < 1.29 is 0 Å². The van der Waals surface area contributed by atoms with Gasteiger partial charge >= 0.3 is 0 Å². The van der Waals surface area contributed by atoms with Gasteiger partial charge in [0.25, 0.3) is 0 Å². The van der Waals surface area contributed by atoms with Gasteiger partial charge in [-0.25, -0.2) is 0 Å². The van der Waals surface area contributed by atoms with Crippen molar-refractivity contribution in [3.8, 4) is 0 Å². The summed E-state index contributed by atoms with van der Waals surface area (Å²) in [6.07, 6.45) is 10.2. The van der Waals surface area contributed by atoms with Crippen LogP contribution in [0, 0.1) is 11.8 Å². The Hall–Kier alpha value is -0.980. The van der Waals surface area contributed by atoms with Crippen LogP contribution >= 0.6 is 0 Å². The standard InChI is InChI=1S/C15H25N/c1-5-7-12-16(4)13(3)15(9-6-2)14-10-8-11-14/h5-6,14-15H,1-3,7-12H2,4H3. The Labute approximate surface area is 101 Å². The smallest absolute Gasteiger partial charge is 0.0206 e. The Bertz CT molecular complexity index is 250. The molecule has 0 aliphatic heterocycles. The molecule has 1 unspecified atom stereocenters. The van der Waals surface area contributed by atoms with Crippen LogP contribution in [0.25, 0.3) is 0 Å². The van der Waals surface area contributed by atoms with Crippen LogP contribution in [0.1, 0.15) is 32.1 Å². The summed E-state index contributed by atoms with van der Waals surface area (Å²) in [6.45, 7) is 12.9. The summed E-state index contributed by atoms with van der Waals surface area (Å²) in [5.41, 5.74) is 1.28. The minimum absolute atomic E-state index is 0.612. The molecule has 1 nitrogen and oxygen atoms in total. The van der Waals surface area contributed by atoms with Gasteiger partial charge in [-0.05, 0) is 31.6 Å². The molecular weight excluding hydrogens is 194 g/mol. The molecule has 1 atom stereocenters. The highest BCUT2D eigenvalue weighted by atomic mass is 15.1. The first kappa shape index (κ1) is 13.1. The summed E-state index contributed by atoms with van der Waals surface area (Å²) in [7, 11) is 2.14. The van der Waals surface area contributed by atoms with Crippen LogP contribution in [0.5, 0.6) is 0 Å². The minimum atomic E-state index is 0.612. The number of hydrogen-bond donors (Lipinski definition) is 0. The van der Waals surface area contributed by atoms with Gasteiger partial charge in [0.15, 0.2) is 0 Å². The van der Waals surface area contributed by atoms with Crippen molar-refractivity contribution in [3.05, 3.63) is 37.6 Å². The van der Waals surface area contributed by atoms with Crippen LogP contribution in [0.15, 0.2) is 37.6 Å². The quantitative estimate of drug-likeness (QED) is 0.558. The molecule has 0 saturated heterocycles. The molecule has 0 bridgehead atoms. The third-order valence-electron chi connectivity index (χ3n) is 3.73. The second-order valence-electron chi connectivity index (χ2n) is 4.81. The van der Waals surface area contributed by atoms with Gasteiger partial charge in [0, 0.05) is 25.2 Å². The predicted octanol–water partition coefficient (Wildman–Crippen LogP) is 4.00. The van der Waals surface area contributed by atoms with Gasteiger partial charge in [-0.3, -0.25) is 0 Å². The number of rotatable bonds is 8. The zero-order chi connectivity index (χ0) is 12.0. The lowest BCUT2D eigenvalue weighted by Gasteiger charge is -2.38. The fraction of sp³-hybridized carbons (Fsp3) is 0.600. The normalized spacial score (nSPS) is 17.3. The lowest BCUT2D eigenvalue weighted by Crippen LogP contribution is -2.30. The molecule has 1 heteroatoms. The van der Waals surface area contributed by atoms with Gasteiger partial charge in [-0.2, -0.15) is 0 Å². The lowest BCUT2D eigenvalue weighted by molar-refractivity contribution is 0.201. The minimum Gasteiger partial charge on any atom is -0.378 e. The van der Waals surface area contributed by atoms with E-state index in [-0.39, 0.29) is 0 Å². The maximum absolute atomic E-state index is 4.27. The van der Waals surface area contributed by atoms with Crippen molar-refractivity contribution >= 4 is 0 Å². The van der Waals surface area contributed by atoms with Gasteiger partial charge < -0.3 is 4.90 Å². The summed E-state index contributed by atoms with van der Waals surface area (Å²) in [4.78, 5) is 2.29. The third-order valence-corrected chi connectivity index (χ3v) is 3.73. The number of allylic oxidation sites excluding steroid dienone is 2. The van der Waals surface area contributed by atoms with Crippen LogP contribution in [0.4, 0.5) is 0 Å². The van der Waals surface area contributed by atoms with E-state index in [0.29, 0.717) is 5.92 Å². The lowest BCUT2D eigenvalue weighted by atomic mass is 9.73. The van der Waals surface area contributed by atoms with Crippen molar-refractivity contribution in [1.82, 2.24) is 4.90 Å². The van der Waals surface area contributed by atoms with E-state index in [1.54, 1.807) is 0 Å². The maximum Gasteiger partial charge on any atom is 0.0206 e. The average Bonchev–Trinajstić information content (AvgIpc) is 2.21. The molecule has 1 fully saturated rings. The number of nitrogens with zero attached hydrogens (tertiary/aromatic N) is 1. The summed E-state index contributed by atoms with van der Waals surface area (Å²) in [5, 5.41) is 0. The summed E-state index contributed by atoms with van der Waals surface area (Å²) >= 11 is 0. The fourth-order valence-corrected chi connectivity index (χ4v) is 2.33. The first-order valence-corrected chi connectivity index (χ1v) is 6.32. The first-order valence-electron chi connectivity index (χ1n) is 6.32. The Morgan fingerprint density at radius 1 is 1.38 bits per heavy atom. The van der Waals surface area contributed by atoms with Crippen LogP contribution in [0.2, 0.25) is 0 Å². The van der Waals surface area contributed by atoms with Crippen molar-refractivity contribution in [2.75, 3.05) is 13.6 Å². The molecule has 0 spiro atoms. The largest absolute Gasteiger partial charge is 0.378 e. The summed E-state index contributed by atoms with van der Waals surface area (Å²) in [5.74, 6) is 1.46. The monoisotopic (exact) mass is 219 g/mol. The molecule has 0 N–H and O–H groups in total. The Morgan fingerprint density at radius 3 is 2.50 bits per heavy atom. The molecule has 0 radical (unpaired) electrons. The van der Waals surface area contributed by atoms with Crippen LogP contribution in [-0.4, -0.2) is 18.5 Å². The summed E-state index contributed by atoms with van der Waals surface area (Å²) < 4.78 is 0. The summed E-state index contributed by atoms with van der Waals surface area (Å²) in [6, 6.07) is 0. The van der Waals surface area contributed by atoms with Crippen LogP contribution in [0.3, 0.4) is 0 Å². The van der Waals surface area contributed by atoms with E-state index in [4.69, 9.17) is 0 Å². The van der Waals surface area contributed by atoms with E-state index in [2.05, 4.69) is 31.7 Å². The van der Waals surface area contributed by atoms with E-state index >= 15 is 0 Å². The second-order valence-corrected chi connectivity index (χ2v) is 4.81. The van der Waals surface area contributed by atoms with E-state index in [1.807, 2.05) is 12.2 Å². The van der Waals surface area contributed by atoms with Crippen molar-refractivity contribution in [2.24, 2.45) is 11.8 Å². The van der Waals surface area contributed by atoms with Crippen LogP contribution in [-0.2, 0) is 0 Å². The van der Waals surface area contributed by atoms with Gasteiger partial charge in [-0.1, -0.05) is 25.2 Å². The van der Waals surface area contributed by atoms with Gasteiger partial charge in [0.1, 0.15) is 0 Å². The van der Waals surface area contributed by atoms with Crippen molar-refractivity contribution in [2.45, 2.75) is 32.1 Å². The van der Waals surface area contributed by atoms with Gasteiger partial charge in [-0.15, -0.1) is 13.2 Å². The van der Waals surface area contributed by atoms with Gasteiger partial charge in [0.05, 0.1) is 0 Å². The second kappa shape index (κ2) is 6.57. The molecule has 1 aliphatic rings. The highest BCUT2D eigenvalue weighted by Gasteiger charge is 2.29. The predicted molar refractivity (Wildman–Crippen MR) is 72.2 cm³/mol. The Balaban J connectivity index is 2.51. The maximum atomic E-state index is 4.27. The van der Waals surface area contributed by atoms with E-state index in [0.717, 1.165) is 25.3 Å². The highest BCUT2D eigenvalue weighted by Crippen LogP contribution is 2.39. The molecule has 90 valence electrons. The molecule has 0 aromatic carbocycles. The Morgan fingerprint density at radius 2 is 2.06 bits per heavy atom. The molecule has 1 saturated carbocycles. The third kappa shape index (κ3) is 3.26. The zero-order valence-corrected chi connectivity index (χ0v) is 10.6. The molecular formula is C15H25N. The first-order chi connectivity index (χ1) is 7.70. The molecule has 0 amide bonds. The topological polar surface area (TPSA) is 3.24 Å². The molecule has 16 heavy (non-hydrogen) atoms. The molecule has 1 rings (SSSR count). The molecule has 0 aromatic rings. The van der Waals surface area contributed by atoms with E-state index in [9.17, 15) is 0 Å². The van der Waals surface area contributed by atoms with E-state index in [1.165, 1.54) is 25.0 Å². The highest BCUT2D eigenvalue weighted by molar-refractivity contribution is 5.05.